The monoisotopic (exact) mass is 279 g/mol. The highest BCUT2D eigenvalue weighted by Gasteiger charge is 2.24. The number of hydrogen-bond donors (Lipinski definition) is 1. The molecular weight excluding hydrogens is 266 g/mol. The van der Waals surface area contributed by atoms with Gasteiger partial charge in [-0.15, -0.1) is 10.2 Å². The summed E-state index contributed by atoms with van der Waals surface area (Å²) in [7, 11) is -1.63. The summed E-state index contributed by atoms with van der Waals surface area (Å²) in [4.78, 5) is 10.4. The molecule has 0 bridgehead atoms. The van der Waals surface area contributed by atoms with E-state index < -0.39 is 21.1 Å². The van der Waals surface area contributed by atoms with Crippen molar-refractivity contribution in [2.45, 2.75) is 17.3 Å². The Labute approximate surface area is 103 Å². The maximum Gasteiger partial charge on any atom is 0.313 e. The molecule has 0 aliphatic rings. The predicted octanol–water partition coefficient (Wildman–Crippen LogP) is 0.0974. The molecule has 0 spiro atoms. The van der Waals surface area contributed by atoms with E-state index in [4.69, 9.17) is 5.11 Å². The van der Waals surface area contributed by atoms with Crippen molar-refractivity contribution in [2.75, 3.05) is 12.0 Å². The topological polar surface area (TPSA) is 102 Å². The van der Waals surface area contributed by atoms with Crippen LogP contribution in [0.2, 0.25) is 0 Å². The summed E-state index contributed by atoms with van der Waals surface area (Å²) in [6.45, 7) is 1.52. The highest BCUT2D eigenvalue weighted by atomic mass is 32.2. The average Bonchev–Trinajstić information content (AvgIpc) is 2.54. The molecule has 0 aliphatic heterocycles. The smallest absolute Gasteiger partial charge is 0.313 e. The molecule has 1 N–H and O–H groups in total. The fourth-order valence-corrected chi connectivity index (χ4v) is 2.35. The molecule has 0 aliphatic carbocycles. The van der Waals surface area contributed by atoms with Crippen LogP contribution in [-0.4, -0.2) is 46.3 Å². The molecule has 9 heteroatoms. The van der Waals surface area contributed by atoms with E-state index in [0.717, 1.165) is 18.0 Å². The first-order valence-corrected chi connectivity index (χ1v) is 7.60. The average molecular weight is 279 g/mol. The van der Waals surface area contributed by atoms with Gasteiger partial charge in [0.2, 0.25) is 0 Å². The van der Waals surface area contributed by atoms with Crippen molar-refractivity contribution in [2.24, 2.45) is 7.05 Å². The lowest BCUT2D eigenvalue weighted by Gasteiger charge is -2.08. The van der Waals surface area contributed by atoms with E-state index in [2.05, 4.69) is 10.2 Å². The van der Waals surface area contributed by atoms with Gasteiger partial charge in [-0.05, 0) is 6.92 Å². The minimum absolute atomic E-state index is 0.140. The van der Waals surface area contributed by atoms with Crippen LogP contribution in [0.15, 0.2) is 5.16 Å². The molecular formula is C8H13N3O4S2. The van der Waals surface area contributed by atoms with Crippen LogP contribution < -0.4 is 0 Å². The minimum Gasteiger partial charge on any atom is -0.481 e. The van der Waals surface area contributed by atoms with Gasteiger partial charge in [-0.2, -0.15) is 0 Å². The molecule has 0 radical (unpaired) electrons. The van der Waals surface area contributed by atoms with Crippen LogP contribution in [0.4, 0.5) is 0 Å². The maximum atomic E-state index is 11.4. The number of aliphatic carboxylic acids is 1. The molecule has 1 aromatic heterocycles. The van der Waals surface area contributed by atoms with E-state index in [-0.39, 0.29) is 5.75 Å². The molecule has 1 atom stereocenters. The lowest BCUT2D eigenvalue weighted by Crippen LogP contribution is -2.13. The number of aromatic nitrogens is 3. The maximum absolute atomic E-state index is 11.4. The Hall–Kier alpha value is -1.09. The zero-order chi connectivity index (χ0) is 13.2. The third kappa shape index (κ3) is 3.43. The van der Waals surface area contributed by atoms with Crippen LogP contribution in [0.25, 0.3) is 0 Å². The Morgan fingerprint density at radius 3 is 2.59 bits per heavy atom. The fraction of sp³-hybridized carbons (Fsp3) is 0.625. The standard InChI is InChI=1S/C8H13N3O4S2/c1-5(17(3,14)15)7-9-10-8(11(7)2)16-4-6(12)13/h5H,4H2,1-3H3,(H,12,13). The van der Waals surface area contributed by atoms with Gasteiger partial charge in [-0.25, -0.2) is 8.42 Å². The number of sulfone groups is 1. The highest BCUT2D eigenvalue weighted by Crippen LogP contribution is 2.22. The molecule has 96 valence electrons. The van der Waals surface area contributed by atoms with Crippen molar-refractivity contribution in [3.8, 4) is 0 Å². The molecule has 1 unspecified atom stereocenters. The first-order valence-electron chi connectivity index (χ1n) is 4.66. The lowest BCUT2D eigenvalue weighted by atomic mass is 10.4. The van der Waals surface area contributed by atoms with Gasteiger partial charge in [0.15, 0.2) is 20.8 Å². The molecule has 7 nitrogen and oxygen atoms in total. The molecule has 1 rings (SSSR count). The largest absolute Gasteiger partial charge is 0.481 e. The number of carboxylic acids is 1. The van der Waals surface area contributed by atoms with E-state index in [1.54, 1.807) is 7.05 Å². The molecule has 0 saturated carbocycles. The SMILES string of the molecule is CC(c1nnc(SCC(=O)O)n1C)S(C)(=O)=O. The Morgan fingerprint density at radius 1 is 1.53 bits per heavy atom. The van der Waals surface area contributed by atoms with Crippen LogP contribution in [0.5, 0.6) is 0 Å². The van der Waals surface area contributed by atoms with E-state index in [1.165, 1.54) is 11.5 Å². The quantitative estimate of drug-likeness (QED) is 0.762. The normalized spacial score (nSPS) is 13.6. The third-order valence-electron chi connectivity index (χ3n) is 2.20. The summed E-state index contributed by atoms with van der Waals surface area (Å²) in [6.07, 6.45) is 1.12. The summed E-state index contributed by atoms with van der Waals surface area (Å²) >= 11 is 0.999. The van der Waals surface area contributed by atoms with Gasteiger partial charge in [-0.1, -0.05) is 11.8 Å². The van der Waals surface area contributed by atoms with Crippen LogP contribution in [-0.2, 0) is 21.7 Å². The lowest BCUT2D eigenvalue weighted by molar-refractivity contribution is -0.133. The second-order valence-corrected chi connectivity index (χ2v) is 6.86. The first kappa shape index (κ1) is 14.0. The molecule has 0 saturated heterocycles. The van der Waals surface area contributed by atoms with Crippen molar-refractivity contribution in [1.29, 1.82) is 0 Å². The number of carboxylic acid groups (broad SMARTS) is 1. The van der Waals surface area contributed by atoms with Crippen molar-refractivity contribution >= 4 is 27.6 Å². The summed E-state index contributed by atoms with van der Waals surface area (Å²) in [5.74, 6) is -0.796. The minimum atomic E-state index is -3.25. The van der Waals surface area contributed by atoms with Gasteiger partial charge >= 0.3 is 5.97 Å². The third-order valence-corrected chi connectivity index (χ3v) is 4.70. The molecule has 1 aromatic rings. The highest BCUT2D eigenvalue weighted by molar-refractivity contribution is 7.99. The van der Waals surface area contributed by atoms with E-state index >= 15 is 0 Å². The van der Waals surface area contributed by atoms with Gasteiger partial charge in [0.25, 0.3) is 0 Å². The number of hydrogen-bond acceptors (Lipinski definition) is 6. The molecule has 1 heterocycles. The fourth-order valence-electron chi connectivity index (χ4n) is 1.12. The van der Waals surface area contributed by atoms with Crippen LogP contribution >= 0.6 is 11.8 Å². The molecule has 0 fully saturated rings. The van der Waals surface area contributed by atoms with Crippen LogP contribution in [0.3, 0.4) is 0 Å². The van der Waals surface area contributed by atoms with Crippen LogP contribution in [0.1, 0.15) is 18.0 Å². The van der Waals surface area contributed by atoms with Crippen molar-refractivity contribution in [3.05, 3.63) is 5.82 Å². The van der Waals surface area contributed by atoms with Crippen molar-refractivity contribution in [1.82, 2.24) is 14.8 Å². The summed E-state index contributed by atoms with van der Waals surface area (Å²) in [6, 6.07) is 0. The Bertz CT molecular complexity index is 523. The van der Waals surface area contributed by atoms with E-state index in [0.29, 0.717) is 11.0 Å². The van der Waals surface area contributed by atoms with Gasteiger partial charge in [0.05, 0.1) is 5.75 Å². The number of nitrogens with zero attached hydrogens (tertiary/aromatic N) is 3. The predicted molar refractivity (Wildman–Crippen MR) is 62.6 cm³/mol. The Morgan fingerprint density at radius 2 is 2.12 bits per heavy atom. The zero-order valence-corrected chi connectivity index (χ0v) is 11.2. The van der Waals surface area contributed by atoms with Gasteiger partial charge in [-0.3, -0.25) is 4.79 Å². The van der Waals surface area contributed by atoms with E-state index in [1.807, 2.05) is 0 Å². The van der Waals surface area contributed by atoms with Gasteiger partial charge in [0.1, 0.15) is 5.25 Å². The van der Waals surface area contributed by atoms with E-state index in [9.17, 15) is 13.2 Å². The number of thioether (sulfide) groups is 1. The molecule has 17 heavy (non-hydrogen) atoms. The van der Waals surface area contributed by atoms with Crippen LogP contribution in [0, 0.1) is 0 Å². The second kappa shape index (κ2) is 5.05. The second-order valence-electron chi connectivity index (χ2n) is 3.55. The van der Waals surface area contributed by atoms with Gasteiger partial charge < -0.3 is 9.67 Å². The van der Waals surface area contributed by atoms with Crippen molar-refractivity contribution < 1.29 is 18.3 Å². The molecule has 0 amide bonds. The number of carbonyl (C=O) groups is 1. The Balaban J connectivity index is 2.95. The summed E-state index contributed by atoms with van der Waals surface area (Å²) < 4.78 is 24.3. The van der Waals surface area contributed by atoms with Gasteiger partial charge in [0, 0.05) is 13.3 Å². The summed E-state index contributed by atoms with van der Waals surface area (Å²) in [5.41, 5.74) is 0. The Kier molecular flexibility index (Phi) is 4.15. The van der Waals surface area contributed by atoms with Crippen molar-refractivity contribution in [3.63, 3.8) is 0 Å². The number of rotatable bonds is 5. The molecule has 0 aromatic carbocycles. The summed E-state index contributed by atoms with van der Waals surface area (Å²) in [5, 5.41) is 15.7. The first-order chi connectivity index (χ1) is 7.73. The zero-order valence-electron chi connectivity index (χ0n) is 9.61.